The fourth-order valence-electron chi connectivity index (χ4n) is 1.87. The Morgan fingerprint density at radius 1 is 1.09 bits per heavy atom. The van der Waals surface area contributed by atoms with Gasteiger partial charge in [0.1, 0.15) is 0 Å². The smallest absolute Gasteiger partial charge is 0.340 e. The largest absolute Gasteiger partial charge is 0.460 e. The zero-order chi connectivity index (χ0) is 17.6. The summed E-state index contributed by atoms with van der Waals surface area (Å²) in [5.74, 6) is -14.2. The molecular weight excluding hydrogens is 335 g/mol. The summed E-state index contributed by atoms with van der Waals surface area (Å²) in [6.07, 6.45) is -6.53. The van der Waals surface area contributed by atoms with Gasteiger partial charge < -0.3 is 5.32 Å². The molecule has 11 heteroatoms. The number of benzene rings is 1. The summed E-state index contributed by atoms with van der Waals surface area (Å²) in [6, 6.07) is 3.44. The van der Waals surface area contributed by atoms with Crippen molar-refractivity contribution in [2.75, 3.05) is 7.05 Å². The van der Waals surface area contributed by atoms with Crippen LogP contribution in [0.1, 0.15) is 5.82 Å². The first-order valence-electron chi connectivity index (χ1n) is 5.97. The second-order valence-corrected chi connectivity index (χ2v) is 4.46. The molecule has 0 saturated carbocycles. The molecular formula is C12H8F7N3O. The number of rotatable bonds is 2. The van der Waals surface area contributed by atoms with E-state index in [2.05, 4.69) is 4.98 Å². The first-order chi connectivity index (χ1) is 10.4. The highest BCUT2D eigenvalue weighted by molar-refractivity contribution is 5.90. The molecule has 0 radical (unpaired) electrons. The number of para-hydroxylation sites is 2. The van der Waals surface area contributed by atoms with E-state index in [9.17, 15) is 35.5 Å². The van der Waals surface area contributed by atoms with Gasteiger partial charge in [-0.15, -0.1) is 0 Å². The molecule has 0 spiro atoms. The number of fused-ring (bicyclic) bond motifs is 1. The maximum Gasteiger partial charge on any atom is 0.460 e. The summed E-state index contributed by atoms with van der Waals surface area (Å²) >= 11 is 0. The molecule has 0 fully saturated rings. The predicted octanol–water partition coefficient (Wildman–Crippen LogP) is 3.51. The van der Waals surface area contributed by atoms with Gasteiger partial charge in [0.05, 0.1) is 11.0 Å². The number of carbonyl (C=O) groups excluding carboxylic acids is 1. The number of nitrogens with one attached hydrogen (secondary N) is 1. The van der Waals surface area contributed by atoms with Crippen molar-refractivity contribution in [2.45, 2.75) is 18.0 Å². The molecule has 4 nitrogen and oxygen atoms in total. The third kappa shape index (κ3) is 2.39. The van der Waals surface area contributed by atoms with Crippen molar-refractivity contribution < 1.29 is 35.5 Å². The summed E-state index contributed by atoms with van der Waals surface area (Å²) < 4.78 is 91.2. The van der Waals surface area contributed by atoms with Crippen LogP contribution >= 0.6 is 0 Å². The SMILES string of the molecule is CNC(=O)n1c(C(F)(F)C(F)(F)C(F)(F)F)nc2ccccc21. The predicted molar refractivity (Wildman–Crippen MR) is 64.5 cm³/mol. The molecule has 1 N–H and O–H groups in total. The lowest BCUT2D eigenvalue weighted by atomic mass is 10.1. The molecule has 0 atom stereocenters. The van der Waals surface area contributed by atoms with E-state index < -0.39 is 29.9 Å². The Morgan fingerprint density at radius 3 is 2.17 bits per heavy atom. The minimum Gasteiger partial charge on any atom is -0.340 e. The highest BCUT2D eigenvalue weighted by Crippen LogP contribution is 2.51. The van der Waals surface area contributed by atoms with Gasteiger partial charge in [-0.3, -0.25) is 0 Å². The van der Waals surface area contributed by atoms with Crippen molar-refractivity contribution in [1.29, 1.82) is 0 Å². The second kappa shape index (κ2) is 5.10. The number of hydrogen-bond acceptors (Lipinski definition) is 2. The lowest BCUT2D eigenvalue weighted by molar-refractivity contribution is -0.361. The summed E-state index contributed by atoms with van der Waals surface area (Å²) in [7, 11) is 1.00. The van der Waals surface area contributed by atoms with E-state index >= 15 is 0 Å². The third-order valence-electron chi connectivity index (χ3n) is 3.01. The standard InChI is InChI=1S/C12H8F7N3O/c1-20-9(23)22-7-5-3-2-4-6(7)21-8(22)10(13,14)11(15,16)12(17,18)19/h2-5H,1H3,(H,20,23). The molecule has 1 aromatic heterocycles. The Kier molecular flexibility index (Phi) is 3.78. The van der Waals surface area contributed by atoms with E-state index in [0.717, 1.165) is 19.2 Å². The van der Waals surface area contributed by atoms with Gasteiger partial charge in [0, 0.05) is 7.05 Å². The number of nitrogens with zero attached hydrogens (tertiary/aromatic N) is 2. The molecule has 0 saturated heterocycles. The van der Waals surface area contributed by atoms with Gasteiger partial charge in [0.25, 0.3) is 0 Å². The van der Waals surface area contributed by atoms with Gasteiger partial charge >= 0.3 is 24.1 Å². The molecule has 0 aliphatic heterocycles. The van der Waals surface area contributed by atoms with Crippen LogP contribution in [0.5, 0.6) is 0 Å². The quantitative estimate of drug-likeness (QED) is 0.849. The topological polar surface area (TPSA) is 46.9 Å². The van der Waals surface area contributed by atoms with E-state index in [-0.39, 0.29) is 15.6 Å². The van der Waals surface area contributed by atoms with Crippen LogP contribution in [0.4, 0.5) is 35.5 Å². The molecule has 2 aromatic rings. The Bertz CT molecular complexity index is 751. The Morgan fingerprint density at radius 2 is 1.65 bits per heavy atom. The van der Waals surface area contributed by atoms with Gasteiger partial charge in [0.2, 0.25) is 0 Å². The molecule has 0 aliphatic carbocycles. The maximum absolute atomic E-state index is 13.9. The van der Waals surface area contributed by atoms with Crippen LogP contribution in [0, 0.1) is 0 Å². The normalized spacial score (nSPS) is 13.4. The zero-order valence-corrected chi connectivity index (χ0v) is 11.3. The van der Waals surface area contributed by atoms with Crippen LogP contribution in [-0.2, 0) is 5.92 Å². The molecule has 0 aliphatic rings. The fourth-order valence-corrected chi connectivity index (χ4v) is 1.87. The highest BCUT2D eigenvalue weighted by atomic mass is 19.4. The number of hydrogen-bond donors (Lipinski definition) is 1. The molecule has 1 aromatic carbocycles. The van der Waals surface area contributed by atoms with Crippen molar-refractivity contribution in [3.63, 3.8) is 0 Å². The highest BCUT2D eigenvalue weighted by Gasteiger charge is 2.75. The van der Waals surface area contributed by atoms with Gasteiger partial charge in [-0.25, -0.2) is 14.3 Å². The number of aromatic nitrogens is 2. The van der Waals surface area contributed by atoms with Crippen molar-refractivity contribution in [3.05, 3.63) is 30.1 Å². The number of alkyl halides is 7. The van der Waals surface area contributed by atoms with E-state index in [0.29, 0.717) is 0 Å². The first kappa shape index (κ1) is 17.0. The van der Waals surface area contributed by atoms with Crippen molar-refractivity contribution >= 4 is 17.1 Å². The van der Waals surface area contributed by atoms with Crippen LogP contribution in [0.2, 0.25) is 0 Å². The molecule has 1 heterocycles. The van der Waals surface area contributed by atoms with E-state index in [4.69, 9.17) is 0 Å². The molecule has 2 rings (SSSR count). The van der Waals surface area contributed by atoms with E-state index in [1.165, 1.54) is 12.1 Å². The Hall–Kier alpha value is -2.33. The van der Waals surface area contributed by atoms with E-state index in [1.54, 1.807) is 0 Å². The Labute approximate surface area is 123 Å². The summed E-state index contributed by atoms with van der Waals surface area (Å²) in [5.41, 5.74) is -0.664. The van der Waals surface area contributed by atoms with Gasteiger partial charge in [-0.1, -0.05) is 12.1 Å². The second-order valence-electron chi connectivity index (χ2n) is 4.46. The van der Waals surface area contributed by atoms with Crippen molar-refractivity contribution in [2.24, 2.45) is 0 Å². The van der Waals surface area contributed by atoms with Crippen LogP contribution in [0.15, 0.2) is 24.3 Å². The number of amides is 1. The van der Waals surface area contributed by atoms with Gasteiger partial charge in [-0.2, -0.15) is 30.7 Å². The number of imidazole rings is 1. The summed E-state index contributed by atoms with van der Waals surface area (Å²) in [5, 5.41) is 1.89. The van der Waals surface area contributed by atoms with E-state index in [1.807, 2.05) is 5.32 Å². The summed E-state index contributed by atoms with van der Waals surface area (Å²) in [4.78, 5) is 14.8. The number of carbonyl (C=O) groups is 1. The molecule has 126 valence electrons. The maximum atomic E-state index is 13.9. The van der Waals surface area contributed by atoms with Crippen LogP contribution in [0.3, 0.4) is 0 Å². The molecule has 1 amide bonds. The average molecular weight is 343 g/mol. The van der Waals surface area contributed by atoms with Crippen LogP contribution in [0.25, 0.3) is 11.0 Å². The molecule has 0 unspecified atom stereocenters. The first-order valence-corrected chi connectivity index (χ1v) is 5.97. The monoisotopic (exact) mass is 343 g/mol. The van der Waals surface area contributed by atoms with Crippen molar-refractivity contribution in [1.82, 2.24) is 14.9 Å². The number of halogens is 7. The third-order valence-corrected chi connectivity index (χ3v) is 3.01. The lowest BCUT2D eigenvalue weighted by Gasteiger charge is -2.27. The minimum atomic E-state index is -6.53. The summed E-state index contributed by atoms with van der Waals surface area (Å²) in [6.45, 7) is 0. The van der Waals surface area contributed by atoms with Gasteiger partial charge in [0.15, 0.2) is 5.82 Å². The Balaban J connectivity index is 2.79. The minimum absolute atomic E-state index is 0.00498. The average Bonchev–Trinajstić information content (AvgIpc) is 2.85. The van der Waals surface area contributed by atoms with Crippen LogP contribution < -0.4 is 5.32 Å². The lowest BCUT2D eigenvalue weighted by Crippen LogP contribution is -2.51. The fraction of sp³-hybridized carbons (Fsp3) is 0.333. The molecule has 0 bridgehead atoms. The zero-order valence-electron chi connectivity index (χ0n) is 11.3. The molecule has 23 heavy (non-hydrogen) atoms. The van der Waals surface area contributed by atoms with Crippen molar-refractivity contribution in [3.8, 4) is 0 Å². The van der Waals surface area contributed by atoms with Gasteiger partial charge in [-0.05, 0) is 12.1 Å². The van der Waals surface area contributed by atoms with Crippen LogP contribution in [-0.4, -0.2) is 34.7 Å².